The Bertz CT molecular complexity index is 672. The summed E-state index contributed by atoms with van der Waals surface area (Å²) < 4.78 is 2.13. The van der Waals surface area contributed by atoms with Crippen molar-refractivity contribution >= 4 is 11.6 Å². The Morgan fingerprint density at radius 3 is 2.73 bits per heavy atom. The molecule has 0 aromatic carbocycles. The zero-order chi connectivity index (χ0) is 15.7. The lowest BCUT2D eigenvalue weighted by Gasteiger charge is -2.35. The molecule has 118 valence electrons. The summed E-state index contributed by atoms with van der Waals surface area (Å²) in [5, 5.41) is 9.38. The maximum Gasteiger partial charge on any atom is 0.251 e. The van der Waals surface area contributed by atoms with Gasteiger partial charge in [0.05, 0.1) is 11.4 Å². The van der Waals surface area contributed by atoms with Crippen molar-refractivity contribution in [2.24, 2.45) is 0 Å². The van der Waals surface area contributed by atoms with E-state index < -0.39 is 6.10 Å². The Morgan fingerprint density at radius 1 is 1.32 bits per heavy atom. The summed E-state index contributed by atoms with van der Waals surface area (Å²) in [5.41, 5.74) is 3.22. The van der Waals surface area contributed by atoms with Crippen molar-refractivity contribution in [2.45, 2.75) is 26.5 Å². The van der Waals surface area contributed by atoms with Gasteiger partial charge in [-0.25, -0.2) is 4.98 Å². The van der Waals surface area contributed by atoms with Crippen molar-refractivity contribution in [3.63, 3.8) is 0 Å². The summed E-state index contributed by atoms with van der Waals surface area (Å²) in [6.07, 6.45) is 1.13. The smallest absolute Gasteiger partial charge is 0.251 e. The molecule has 1 aliphatic heterocycles. The number of carbonyl (C=O) groups is 1. The van der Waals surface area contributed by atoms with E-state index in [-0.39, 0.29) is 5.91 Å². The number of rotatable bonds is 3. The Kier molecular flexibility index (Phi) is 4.13. The van der Waals surface area contributed by atoms with Crippen molar-refractivity contribution in [3.05, 3.63) is 35.8 Å². The SMILES string of the molecule is Cc1nc2ccccn2c1CN1CCN(C(=O)C(C)O)CC1. The van der Waals surface area contributed by atoms with E-state index in [4.69, 9.17) is 0 Å². The highest BCUT2D eigenvalue weighted by Gasteiger charge is 2.24. The number of piperazine rings is 1. The second kappa shape index (κ2) is 6.06. The molecule has 2 aromatic heterocycles. The highest BCUT2D eigenvalue weighted by atomic mass is 16.3. The van der Waals surface area contributed by atoms with Crippen molar-refractivity contribution in [1.82, 2.24) is 19.2 Å². The largest absolute Gasteiger partial charge is 0.384 e. The van der Waals surface area contributed by atoms with Crippen LogP contribution in [0.3, 0.4) is 0 Å². The van der Waals surface area contributed by atoms with Crippen molar-refractivity contribution in [1.29, 1.82) is 0 Å². The number of imidazole rings is 1. The zero-order valence-corrected chi connectivity index (χ0v) is 13.1. The topological polar surface area (TPSA) is 61.1 Å². The molecular weight excluding hydrogens is 280 g/mol. The molecule has 0 saturated carbocycles. The van der Waals surface area contributed by atoms with Gasteiger partial charge in [0.25, 0.3) is 5.91 Å². The van der Waals surface area contributed by atoms with Gasteiger partial charge in [0.1, 0.15) is 11.8 Å². The lowest BCUT2D eigenvalue weighted by atomic mass is 10.2. The molecule has 6 nitrogen and oxygen atoms in total. The molecule has 1 unspecified atom stereocenters. The number of hydrogen-bond donors (Lipinski definition) is 1. The van der Waals surface area contributed by atoms with Crippen molar-refractivity contribution in [2.75, 3.05) is 26.2 Å². The van der Waals surface area contributed by atoms with Gasteiger partial charge in [-0.05, 0) is 26.0 Å². The quantitative estimate of drug-likeness (QED) is 0.905. The normalized spacial score (nSPS) is 17.9. The van der Waals surface area contributed by atoms with Crippen LogP contribution in [0.15, 0.2) is 24.4 Å². The highest BCUT2D eigenvalue weighted by Crippen LogP contribution is 2.15. The molecule has 1 aliphatic rings. The van der Waals surface area contributed by atoms with Gasteiger partial charge in [0.15, 0.2) is 0 Å². The van der Waals surface area contributed by atoms with Gasteiger partial charge in [0, 0.05) is 38.9 Å². The number of aryl methyl sites for hydroxylation is 1. The number of aromatic nitrogens is 2. The molecule has 1 atom stereocenters. The minimum Gasteiger partial charge on any atom is -0.384 e. The lowest BCUT2D eigenvalue weighted by Crippen LogP contribution is -2.50. The number of fused-ring (bicyclic) bond motifs is 1. The third-order valence-electron chi connectivity index (χ3n) is 4.24. The number of aliphatic hydroxyl groups is 1. The fourth-order valence-electron chi connectivity index (χ4n) is 2.96. The Hall–Kier alpha value is -1.92. The molecule has 3 heterocycles. The second-order valence-corrected chi connectivity index (χ2v) is 5.85. The van der Waals surface area contributed by atoms with Gasteiger partial charge in [-0.3, -0.25) is 9.69 Å². The van der Waals surface area contributed by atoms with E-state index in [0.29, 0.717) is 13.1 Å². The van der Waals surface area contributed by atoms with Crippen LogP contribution >= 0.6 is 0 Å². The molecule has 1 amide bonds. The summed E-state index contributed by atoms with van der Waals surface area (Å²) >= 11 is 0. The summed E-state index contributed by atoms with van der Waals surface area (Å²) in [6, 6.07) is 6.01. The molecule has 0 bridgehead atoms. The van der Waals surface area contributed by atoms with Crippen molar-refractivity contribution < 1.29 is 9.90 Å². The monoisotopic (exact) mass is 302 g/mol. The summed E-state index contributed by atoms with van der Waals surface area (Å²) in [5.74, 6) is -0.175. The predicted octanol–water partition coefficient (Wildman–Crippen LogP) is 0.668. The third-order valence-corrected chi connectivity index (χ3v) is 4.24. The average Bonchev–Trinajstić information content (AvgIpc) is 2.83. The molecule has 1 saturated heterocycles. The zero-order valence-electron chi connectivity index (χ0n) is 13.1. The van der Waals surface area contributed by atoms with Crippen LogP contribution in [0.25, 0.3) is 5.65 Å². The first kappa shape index (κ1) is 15.0. The number of hydrogen-bond acceptors (Lipinski definition) is 4. The number of amides is 1. The Labute approximate surface area is 130 Å². The van der Waals surface area contributed by atoms with E-state index in [0.717, 1.165) is 31.0 Å². The third kappa shape index (κ3) is 2.84. The highest BCUT2D eigenvalue weighted by molar-refractivity contribution is 5.80. The first-order valence-corrected chi connectivity index (χ1v) is 7.68. The molecule has 0 spiro atoms. The van der Waals surface area contributed by atoms with Gasteiger partial charge < -0.3 is 14.4 Å². The molecule has 0 aliphatic carbocycles. The molecule has 2 aromatic rings. The van der Waals surface area contributed by atoms with Gasteiger partial charge >= 0.3 is 0 Å². The number of carbonyl (C=O) groups excluding carboxylic acids is 1. The second-order valence-electron chi connectivity index (χ2n) is 5.85. The standard InChI is InChI=1S/C16H22N4O2/c1-12-14(20-6-4-3-5-15(20)17-12)11-18-7-9-19(10-8-18)16(22)13(2)21/h3-6,13,21H,7-11H2,1-2H3. The lowest BCUT2D eigenvalue weighted by molar-refractivity contribution is -0.141. The van der Waals surface area contributed by atoms with Crippen LogP contribution in [0, 0.1) is 6.92 Å². The fraction of sp³-hybridized carbons (Fsp3) is 0.500. The fourth-order valence-corrected chi connectivity index (χ4v) is 2.96. The molecular formula is C16H22N4O2. The minimum atomic E-state index is -0.910. The first-order valence-electron chi connectivity index (χ1n) is 7.68. The van der Waals surface area contributed by atoms with E-state index in [2.05, 4.69) is 14.3 Å². The van der Waals surface area contributed by atoms with Crippen LogP contribution in [-0.2, 0) is 11.3 Å². The number of pyridine rings is 1. The molecule has 0 radical (unpaired) electrons. The van der Waals surface area contributed by atoms with E-state index in [1.165, 1.54) is 12.6 Å². The number of aliphatic hydroxyl groups excluding tert-OH is 1. The van der Waals surface area contributed by atoms with E-state index in [9.17, 15) is 9.90 Å². The molecule has 6 heteroatoms. The van der Waals surface area contributed by atoms with Gasteiger partial charge in [-0.2, -0.15) is 0 Å². The van der Waals surface area contributed by atoms with Crippen LogP contribution in [0.4, 0.5) is 0 Å². The van der Waals surface area contributed by atoms with E-state index >= 15 is 0 Å². The van der Waals surface area contributed by atoms with Crippen molar-refractivity contribution in [3.8, 4) is 0 Å². The summed E-state index contributed by atoms with van der Waals surface area (Å²) in [7, 11) is 0. The molecule has 3 rings (SSSR count). The number of nitrogens with zero attached hydrogens (tertiary/aromatic N) is 4. The maximum atomic E-state index is 11.8. The van der Waals surface area contributed by atoms with Crippen LogP contribution < -0.4 is 0 Å². The average molecular weight is 302 g/mol. The predicted molar refractivity (Wildman–Crippen MR) is 83.5 cm³/mol. The molecule has 1 N–H and O–H groups in total. The summed E-state index contributed by atoms with van der Waals surface area (Å²) in [4.78, 5) is 20.4. The molecule has 22 heavy (non-hydrogen) atoms. The minimum absolute atomic E-state index is 0.175. The van der Waals surface area contributed by atoms with Crippen LogP contribution in [0.1, 0.15) is 18.3 Å². The van der Waals surface area contributed by atoms with E-state index in [1.807, 2.05) is 31.3 Å². The van der Waals surface area contributed by atoms with Gasteiger partial charge in [-0.1, -0.05) is 6.07 Å². The van der Waals surface area contributed by atoms with Crippen LogP contribution in [-0.4, -0.2) is 62.5 Å². The van der Waals surface area contributed by atoms with Crippen LogP contribution in [0.5, 0.6) is 0 Å². The molecule has 1 fully saturated rings. The first-order chi connectivity index (χ1) is 10.6. The van der Waals surface area contributed by atoms with Gasteiger partial charge in [-0.15, -0.1) is 0 Å². The van der Waals surface area contributed by atoms with Crippen LogP contribution in [0.2, 0.25) is 0 Å². The van der Waals surface area contributed by atoms with Gasteiger partial charge in [0.2, 0.25) is 0 Å². The van der Waals surface area contributed by atoms with E-state index in [1.54, 1.807) is 4.90 Å². The maximum absolute atomic E-state index is 11.8. The Balaban J connectivity index is 1.67. The Morgan fingerprint density at radius 2 is 2.05 bits per heavy atom. The summed E-state index contributed by atoms with van der Waals surface area (Å²) in [6.45, 7) is 7.36.